The zero-order valence-electron chi connectivity index (χ0n) is 28.8. The maximum absolute atomic E-state index is 11.5. The number of ether oxygens (including phenoxy) is 2. The minimum absolute atomic E-state index is 0.144. The lowest BCUT2D eigenvalue weighted by Crippen LogP contribution is -2.36. The van der Waals surface area contributed by atoms with Gasteiger partial charge in [-0.2, -0.15) is 0 Å². The smallest absolute Gasteiger partial charge is 0.305 e. The van der Waals surface area contributed by atoms with Crippen molar-refractivity contribution in [1.29, 1.82) is 0 Å². The Labute approximate surface area is 301 Å². The van der Waals surface area contributed by atoms with E-state index in [1.165, 1.54) is 36.4 Å². The lowest BCUT2D eigenvalue weighted by atomic mass is 9.67. The van der Waals surface area contributed by atoms with E-state index in [1.54, 1.807) is 0 Å². The molecule has 4 unspecified atom stereocenters. The van der Waals surface area contributed by atoms with Gasteiger partial charge in [-0.1, -0.05) is 84.9 Å². The lowest BCUT2D eigenvalue weighted by Gasteiger charge is -2.41. The Morgan fingerprint density at radius 1 is 0.500 bits per heavy atom. The van der Waals surface area contributed by atoms with Crippen molar-refractivity contribution in [1.82, 2.24) is 0 Å². The fourth-order valence-corrected chi connectivity index (χ4v) is 6.93. The second-order valence-electron chi connectivity index (χ2n) is 13.1. The van der Waals surface area contributed by atoms with Crippen LogP contribution in [0.15, 0.2) is 121 Å². The molecule has 5 aromatic rings. The first kappa shape index (κ1) is 37.4. The van der Waals surface area contributed by atoms with E-state index in [-0.39, 0.29) is 49.1 Å². The van der Waals surface area contributed by atoms with Crippen LogP contribution in [0.3, 0.4) is 0 Å². The number of aromatic hydroxyl groups is 4. The molecule has 0 aliphatic carbocycles. The van der Waals surface area contributed by atoms with Gasteiger partial charge in [0.05, 0.1) is 38.3 Å². The van der Waals surface area contributed by atoms with Crippen LogP contribution in [0.5, 0.6) is 23.0 Å². The number of rotatable bonds is 16. The molecule has 0 spiro atoms. The van der Waals surface area contributed by atoms with Gasteiger partial charge in [-0.3, -0.25) is 9.59 Å². The van der Waals surface area contributed by atoms with Gasteiger partial charge in [-0.05, 0) is 71.5 Å². The molecule has 0 saturated carbocycles. The van der Waals surface area contributed by atoms with Crippen molar-refractivity contribution in [2.45, 2.75) is 49.7 Å². The van der Waals surface area contributed by atoms with Gasteiger partial charge in [0.15, 0.2) is 0 Å². The number of aliphatic carboxylic acids is 2. The van der Waals surface area contributed by atoms with Crippen molar-refractivity contribution in [2.24, 2.45) is 0 Å². The molecule has 10 nitrogen and oxygen atoms in total. The van der Waals surface area contributed by atoms with Gasteiger partial charge < -0.3 is 40.1 Å². The highest BCUT2D eigenvalue weighted by atomic mass is 16.5. The zero-order chi connectivity index (χ0) is 37.5. The number of hydrogen-bond acceptors (Lipinski definition) is 8. The molecule has 0 aliphatic rings. The van der Waals surface area contributed by atoms with Crippen LogP contribution in [-0.4, -0.2) is 55.8 Å². The molecule has 0 amide bonds. The van der Waals surface area contributed by atoms with E-state index in [0.717, 1.165) is 22.3 Å². The molecule has 0 fully saturated rings. The van der Waals surface area contributed by atoms with Crippen LogP contribution in [-0.2, 0) is 29.9 Å². The number of carboxylic acid groups (broad SMARTS) is 2. The lowest BCUT2D eigenvalue weighted by molar-refractivity contribution is -0.140. The quantitative estimate of drug-likeness (QED) is 0.0600. The van der Waals surface area contributed by atoms with Gasteiger partial charge in [0.2, 0.25) is 0 Å². The molecule has 270 valence electrons. The highest BCUT2D eigenvalue weighted by Crippen LogP contribution is 2.50. The van der Waals surface area contributed by atoms with Gasteiger partial charge in [-0.25, -0.2) is 0 Å². The number of hydrogen-bond donors (Lipinski definition) is 6. The number of carbonyl (C=O) groups is 2. The normalized spacial score (nSPS) is 14.8. The maximum Gasteiger partial charge on any atom is 0.305 e. The summed E-state index contributed by atoms with van der Waals surface area (Å²) in [5, 5.41) is 60.8. The minimum Gasteiger partial charge on any atom is -0.508 e. The van der Waals surface area contributed by atoms with Crippen LogP contribution in [0.1, 0.15) is 72.3 Å². The highest BCUT2D eigenvalue weighted by molar-refractivity contribution is 5.67. The first-order chi connectivity index (χ1) is 24.8. The summed E-state index contributed by atoms with van der Waals surface area (Å²) in [6.07, 6.45) is -2.29. The molecule has 6 N–H and O–H groups in total. The predicted octanol–water partition coefficient (Wildman–Crippen LogP) is 7.59. The largest absolute Gasteiger partial charge is 0.508 e. The number of carboxylic acids is 2. The number of phenolic OH excluding ortho intramolecular Hbond substituents is 4. The van der Waals surface area contributed by atoms with Crippen LogP contribution in [0.25, 0.3) is 0 Å². The topological polar surface area (TPSA) is 174 Å². The predicted molar refractivity (Wildman–Crippen MR) is 194 cm³/mol. The molecule has 0 aromatic heterocycles. The van der Waals surface area contributed by atoms with Gasteiger partial charge in [0, 0.05) is 23.0 Å². The summed E-state index contributed by atoms with van der Waals surface area (Å²) in [6.45, 7) is 3.62. The Kier molecular flexibility index (Phi) is 11.5. The summed E-state index contributed by atoms with van der Waals surface area (Å²) in [5.74, 6) is -2.81. The fraction of sp³-hybridized carbons (Fsp3) is 0.238. The Morgan fingerprint density at radius 3 is 1.08 bits per heavy atom. The first-order valence-electron chi connectivity index (χ1n) is 16.8. The summed E-state index contributed by atoms with van der Waals surface area (Å²) in [4.78, 5) is 23.1. The molecule has 0 saturated heterocycles. The second-order valence-corrected chi connectivity index (χ2v) is 13.1. The minimum atomic E-state index is -1.04. The van der Waals surface area contributed by atoms with Crippen molar-refractivity contribution >= 4 is 11.9 Å². The SMILES string of the molecule is CC(c1ccccc1)(c1ccc(C(C)(c2ccccc2)C(OCCC(=O)O)c2cc(O)cc(O)c2)cc1)C(OCCC(=O)O)c1cc(O)cc(O)c1. The Morgan fingerprint density at radius 2 is 0.788 bits per heavy atom. The number of phenols is 4. The van der Waals surface area contributed by atoms with E-state index >= 15 is 0 Å². The highest BCUT2D eigenvalue weighted by Gasteiger charge is 2.43. The third-order valence-corrected chi connectivity index (χ3v) is 9.54. The molecular formula is C42H42O10. The summed E-state index contributed by atoms with van der Waals surface area (Å²) >= 11 is 0. The van der Waals surface area contributed by atoms with Gasteiger partial charge in [0.1, 0.15) is 23.0 Å². The monoisotopic (exact) mass is 706 g/mol. The van der Waals surface area contributed by atoms with Crippen LogP contribution in [0.4, 0.5) is 0 Å². The Hall–Kier alpha value is -5.84. The van der Waals surface area contributed by atoms with E-state index in [1.807, 2.05) is 98.8 Å². The van der Waals surface area contributed by atoms with Crippen molar-refractivity contribution in [3.8, 4) is 23.0 Å². The van der Waals surface area contributed by atoms with E-state index in [2.05, 4.69) is 0 Å². The first-order valence-corrected chi connectivity index (χ1v) is 16.8. The van der Waals surface area contributed by atoms with Crippen molar-refractivity contribution < 1.29 is 49.7 Å². The average molecular weight is 707 g/mol. The van der Waals surface area contributed by atoms with Gasteiger partial charge >= 0.3 is 11.9 Å². The molecule has 4 atom stereocenters. The average Bonchev–Trinajstić information content (AvgIpc) is 3.11. The molecular weight excluding hydrogens is 664 g/mol. The van der Waals surface area contributed by atoms with Crippen molar-refractivity contribution in [3.05, 3.63) is 155 Å². The summed E-state index contributed by atoms with van der Waals surface area (Å²) in [6, 6.07) is 35.0. The molecule has 52 heavy (non-hydrogen) atoms. The van der Waals surface area contributed by atoms with E-state index in [9.17, 15) is 40.2 Å². The molecule has 0 aliphatic heterocycles. The Balaban J connectivity index is 1.70. The van der Waals surface area contributed by atoms with Crippen molar-refractivity contribution in [3.63, 3.8) is 0 Å². The van der Waals surface area contributed by atoms with Crippen LogP contribution in [0, 0.1) is 0 Å². The van der Waals surface area contributed by atoms with E-state index in [4.69, 9.17) is 9.47 Å². The summed E-state index contributed by atoms with van der Waals surface area (Å²) < 4.78 is 12.7. The van der Waals surface area contributed by atoms with Crippen LogP contribution in [0.2, 0.25) is 0 Å². The molecule has 0 heterocycles. The molecule has 5 aromatic carbocycles. The van der Waals surface area contributed by atoms with Crippen LogP contribution < -0.4 is 0 Å². The van der Waals surface area contributed by atoms with Gasteiger partial charge in [-0.15, -0.1) is 0 Å². The fourth-order valence-electron chi connectivity index (χ4n) is 6.93. The molecule has 0 radical (unpaired) electrons. The third-order valence-electron chi connectivity index (χ3n) is 9.54. The van der Waals surface area contributed by atoms with E-state index in [0.29, 0.717) is 11.1 Å². The molecule has 10 heteroatoms. The standard InChI is InChI=1S/C42H42O10/c1-41(29-9-5-3-6-10-29,39(51-19-17-37(47)48)27-21-33(43)25-34(44)22-27)31-13-15-32(16-14-31)42(2,30-11-7-4-8-12-30)40(52-20-18-38(49)50)28-23-35(45)26-36(46)24-28/h3-16,21-26,39-40,43-46H,17-20H2,1-2H3,(H,47,48)(H,49,50). The van der Waals surface area contributed by atoms with Gasteiger partial charge in [0.25, 0.3) is 0 Å². The zero-order valence-corrected chi connectivity index (χ0v) is 28.8. The summed E-state index contributed by atoms with van der Waals surface area (Å²) in [7, 11) is 0. The molecule has 0 bridgehead atoms. The van der Waals surface area contributed by atoms with Crippen LogP contribution >= 0.6 is 0 Å². The maximum atomic E-state index is 11.5. The third kappa shape index (κ3) is 8.20. The number of benzene rings is 5. The van der Waals surface area contributed by atoms with Crippen molar-refractivity contribution in [2.75, 3.05) is 13.2 Å². The molecule has 5 rings (SSSR count). The summed E-state index contributed by atoms with van der Waals surface area (Å²) in [5.41, 5.74) is 2.03. The van der Waals surface area contributed by atoms with E-state index < -0.39 is 35.0 Å². The second kappa shape index (κ2) is 16.0. The Bertz CT molecular complexity index is 1800.